The molecule has 0 spiro atoms. The summed E-state index contributed by atoms with van der Waals surface area (Å²) in [5, 5.41) is 18.8. The largest absolute Gasteiger partial charge is 0.481 e. The van der Waals surface area contributed by atoms with E-state index in [9.17, 15) is 14.7 Å². The van der Waals surface area contributed by atoms with Crippen molar-refractivity contribution in [1.82, 2.24) is 0 Å². The van der Waals surface area contributed by atoms with Crippen LogP contribution in [-0.4, -0.2) is 22.2 Å². The molecule has 0 fully saturated rings. The number of unbranched alkanes of at least 4 members (excludes halogenated alkanes) is 12. The molecule has 0 aromatic heterocycles. The van der Waals surface area contributed by atoms with Gasteiger partial charge in [0.25, 0.3) is 0 Å². The number of carboxylic acid groups (broad SMARTS) is 2. The van der Waals surface area contributed by atoms with Crippen LogP contribution >= 0.6 is 0 Å². The Hall–Kier alpha value is -1.06. The summed E-state index contributed by atoms with van der Waals surface area (Å²) in [7, 11) is 0. The molecule has 0 aromatic rings. The SMILES string of the molecule is CCCCCCCCC(CCCCCCCC)(CCCCCC(=O)O)C(=O)O. The molecule has 0 rings (SSSR count). The maximum absolute atomic E-state index is 12.2. The van der Waals surface area contributed by atoms with Gasteiger partial charge in [0.15, 0.2) is 0 Å². The van der Waals surface area contributed by atoms with E-state index in [0.717, 1.165) is 51.4 Å². The number of rotatable bonds is 21. The van der Waals surface area contributed by atoms with Gasteiger partial charge >= 0.3 is 11.9 Å². The quantitative estimate of drug-likeness (QED) is 0.195. The highest BCUT2D eigenvalue weighted by atomic mass is 16.4. The van der Waals surface area contributed by atoms with Gasteiger partial charge in [-0.2, -0.15) is 0 Å². The number of carboxylic acids is 2. The lowest BCUT2D eigenvalue weighted by Gasteiger charge is -2.30. The normalized spacial score (nSPS) is 11.6. The third kappa shape index (κ3) is 14.0. The summed E-state index contributed by atoms with van der Waals surface area (Å²) in [5.74, 6) is -1.39. The van der Waals surface area contributed by atoms with Crippen LogP contribution in [0.5, 0.6) is 0 Å². The highest BCUT2D eigenvalue weighted by molar-refractivity contribution is 5.74. The molecule has 0 saturated carbocycles. The smallest absolute Gasteiger partial charge is 0.309 e. The third-order valence-corrected chi connectivity index (χ3v) is 6.02. The molecule has 4 heteroatoms. The molecule has 0 heterocycles. The van der Waals surface area contributed by atoms with Gasteiger partial charge < -0.3 is 10.2 Å². The summed E-state index contributed by atoms with van der Waals surface area (Å²) in [5.41, 5.74) is -0.598. The molecule has 28 heavy (non-hydrogen) atoms. The van der Waals surface area contributed by atoms with Gasteiger partial charge in [-0.25, -0.2) is 0 Å². The topological polar surface area (TPSA) is 74.6 Å². The molecule has 0 radical (unpaired) electrons. The van der Waals surface area contributed by atoms with E-state index in [0.29, 0.717) is 12.8 Å². The van der Waals surface area contributed by atoms with Crippen molar-refractivity contribution in [2.45, 2.75) is 136 Å². The molecule has 0 aliphatic carbocycles. The minimum absolute atomic E-state index is 0.189. The van der Waals surface area contributed by atoms with E-state index in [2.05, 4.69) is 13.8 Å². The summed E-state index contributed by atoms with van der Waals surface area (Å²) in [6.45, 7) is 4.42. The first-order valence-electron chi connectivity index (χ1n) is 11.9. The standard InChI is InChI=1S/C24H46O4/c1-3-5-7-9-11-15-19-24(23(27)28,20-16-12-10-8-6-4-2)21-17-13-14-18-22(25)26/h3-21H2,1-2H3,(H,25,26)(H,27,28). The molecule has 166 valence electrons. The van der Waals surface area contributed by atoms with Crippen LogP contribution < -0.4 is 0 Å². The number of aliphatic carboxylic acids is 2. The first kappa shape index (κ1) is 26.9. The van der Waals surface area contributed by atoms with Crippen LogP contribution in [0, 0.1) is 5.41 Å². The Kier molecular flexibility index (Phi) is 17.3. The second-order valence-electron chi connectivity index (χ2n) is 8.58. The predicted molar refractivity (Wildman–Crippen MR) is 117 cm³/mol. The van der Waals surface area contributed by atoms with Crippen LogP contribution in [0.2, 0.25) is 0 Å². The molecule has 0 aliphatic rings. The maximum atomic E-state index is 12.2. The van der Waals surface area contributed by atoms with Gasteiger partial charge in [-0.1, -0.05) is 104 Å². The highest BCUT2D eigenvalue weighted by Crippen LogP contribution is 2.38. The van der Waals surface area contributed by atoms with Gasteiger partial charge in [0.1, 0.15) is 0 Å². The maximum Gasteiger partial charge on any atom is 0.309 e. The van der Waals surface area contributed by atoms with Crippen molar-refractivity contribution >= 4 is 11.9 Å². The Bertz CT molecular complexity index is 376. The van der Waals surface area contributed by atoms with Crippen LogP contribution in [0.3, 0.4) is 0 Å². The third-order valence-electron chi connectivity index (χ3n) is 6.02. The van der Waals surface area contributed by atoms with Crippen molar-refractivity contribution in [1.29, 1.82) is 0 Å². The van der Waals surface area contributed by atoms with Gasteiger partial charge in [-0.15, -0.1) is 0 Å². The van der Waals surface area contributed by atoms with E-state index in [1.165, 1.54) is 51.4 Å². The summed E-state index contributed by atoms with van der Waals surface area (Å²) >= 11 is 0. The van der Waals surface area contributed by atoms with Crippen molar-refractivity contribution in [3.05, 3.63) is 0 Å². The molecule has 0 aromatic carbocycles. The van der Waals surface area contributed by atoms with Crippen LogP contribution in [0.25, 0.3) is 0 Å². The van der Waals surface area contributed by atoms with E-state index in [1.54, 1.807) is 0 Å². The Morgan fingerprint density at radius 3 is 1.29 bits per heavy atom. The molecular weight excluding hydrogens is 352 g/mol. The summed E-state index contributed by atoms with van der Waals surface area (Å²) in [6, 6.07) is 0. The lowest BCUT2D eigenvalue weighted by atomic mass is 9.74. The second-order valence-corrected chi connectivity index (χ2v) is 8.58. The molecule has 0 aliphatic heterocycles. The lowest BCUT2D eigenvalue weighted by Crippen LogP contribution is -2.31. The molecule has 0 atom stereocenters. The average Bonchev–Trinajstić information content (AvgIpc) is 2.65. The van der Waals surface area contributed by atoms with Gasteiger partial charge in [0.2, 0.25) is 0 Å². The van der Waals surface area contributed by atoms with E-state index >= 15 is 0 Å². The van der Waals surface area contributed by atoms with Gasteiger partial charge in [0.05, 0.1) is 5.41 Å². The van der Waals surface area contributed by atoms with E-state index in [-0.39, 0.29) is 6.42 Å². The zero-order chi connectivity index (χ0) is 21.1. The van der Waals surface area contributed by atoms with Crippen molar-refractivity contribution in [2.24, 2.45) is 5.41 Å². The fourth-order valence-corrected chi connectivity index (χ4v) is 4.10. The van der Waals surface area contributed by atoms with Crippen molar-refractivity contribution in [2.75, 3.05) is 0 Å². The molecule has 0 amide bonds. The van der Waals surface area contributed by atoms with Gasteiger partial charge in [-0.3, -0.25) is 9.59 Å². The van der Waals surface area contributed by atoms with Crippen molar-refractivity contribution < 1.29 is 19.8 Å². The fourth-order valence-electron chi connectivity index (χ4n) is 4.10. The Morgan fingerprint density at radius 1 is 0.571 bits per heavy atom. The van der Waals surface area contributed by atoms with Crippen molar-refractivity contribution in [3.8, 4) is 0 Å². The van der Waals surface area contributed by atoms with Gasteiger partial charge in [0, 0.05) is 6.42 Å². The summed E-state index contributed by atoms with van der Waals surface area (Å²) < 4.78 is 0. The number of hydrogen-bond acceptors (Lipinski definition) is 2. The Labute approximate surface area is 173 Å². The molecule has 0 unspecified atom stereocenters. The lowest BCUT2D eigenvalue weighted by molar-refractivity contribution is -0.151. The molecule has 4 nitrogen and oxygen atoms in total. The summed E-state index contributed by atoms with van der Waals surface area (Å²) in [6.07, 6.45) is 18.9. The minimum atomic E-state index is -0.761. The molecule has 0 bridgehead atoms. The molecule has 0 saturated heterocycles. The first-order chi connectivity index (χ1) is 13.5. The average molecular weight is 399 g/mol. The van der Waals surface area contributed by atoms with Crippen LogP contribution in [0.15, 0.2) is 0 Å². The highest BCUT2D eigenvalue weighted by Gasteiger charge is 2.36. The van der Waals surface area contributed by atoms with E-state index < -0.39 is 17.4 Å². The van der Waals surface area contributed by atoms with Crippen molar-refractivity contribution in [3.63, 3.8) is 0 Å². The Balaban J connectivity index is 4.53. The monoisotopic (exact) mass is 398 g/mol. The molecular formula is C24H46O4. The number of carbonyl (C=O) groups is 2. The Morgan fingerprint density at radius 2 is 0.929 bits per heavy atom. The van der Waals surface area contributed by atoms with Crippen LogP contribution in [0.1, 0.15) is 136 Å². The van der Waals surface area contributed by atoms with Crippen LogP contribution in [0.4, 0.5) is 0 Å². The first-order valence-corrected chi connectivity index (χ1v) is 11.9. The fraction of sp³-hybridized carbons (Fsp3) is 0.917. The zero-order valence-electron chi connectivity index (χ0n) is 18.6. The predicted octanol–water partition coefficient (Wildman–Crippen LogP) is 7.59. The van der Waals surface area contributed by atoms with Crippen LogP contribution in [-0.2, 0) is 9.59 Å². The van der Waals surface area contributed by atoms with E-state index in [4.69, 9.17) is 5.11 Å². The summed E-state index contributed by atoms with van der Waals surface area (Å²) in [4.78, 5) is 22.9. The zero-order valence-corrected chi connectivity index (χ0v) is 18.6. The number of hydrogen-bond donors (Lipinski definition) is 2. The molecule has 2 N–H and O–H groups in total. The minimum Gasteiger partial charge on any atom is -0.481 e. The van der Waals surface area contributed by atoms with E-state index in [1.807, 2.05) is 0 Å². The van der Waals surface area contributed by atoms with Gasteiger partial charge in [-0.05, 0) is 25.7 Å². The second kappa shape index (κ2) is 18.0.